The van der Waals surface area contributed by atoms with E-state index in [4.69, 9.17) is 20.1 Å². The minimum atomic E-state index is -4.32. The van der Waals surface area contributed by atoms with Gasteiger partial charge in [0, 0.05) is 6.42 Å². The van der Waals surface area contributed by atoms with E-state index in [1.54, 1.807) is 0 Å². The molecule has 0 spiro atoms. The van der Waals surface area contributed by atoms with Crippen LogP contribution in [0.5, 0.6) is 0 Å². The number of aliphatic carboxylic acids is 2. The SMILES string of the molecule is NS(=O)(=O)OC[C@H]1O[C@@H](n2cnc3c(NC(=O)NC(CCC(=O)O)C(=O)O)ncnc32)[C@H](O)[C@@H]1O. The number of anilines is 1. The number of carbonyl (C=O) groups excluding carboxylic acids is 1. The second-order valence-electron chi connectivity index (χ2n) is 7.29. The molecule has 3 rings (SSSR count). The van der Waals surface area contributed by atoms with Crippen molar-refractivity contribution >= 4 is 45.3 Å². The van der Waals surface area contributed by atoms with Crippen LogP contribution < -0.4 is 15.8 Å². The fourth-order valence-electron chi connectivity index (χ4n) is 3.22. The molecule has 1 saturated heterocycles. The van der Waals surface area contributed by atoms with Crippen LogP contribution in [0.25, 0.3) is 11.2 Å². The summed E-state index contributed by atoms with van der Waals surface area (Å²) in [5.74, 6) is -2.83. The number of aliphatic hydroxyl groups excluding tert-OH is 2. The highest BCUT2D eigenvalue weighted by Crippen LogP contribution is 2.32. The van der Waals surface area contributed by atoms with Crippen LogP contribution in [-0.2, 0) is 28.8 Å². The number of carboxylic acid groups (broad SMARTS) is 2. The van der Waals surface area contributed by atoms with Gasteiger partial charge in [0.1, 0.15) is 30.7 Å². The van der Waals surface area contributed by atoms with Gasteiger partial charge in [0.2, 0.25) is 0 Å². The lowest BCUT2D eigenvalue weighted by Gasteiger charge is -2.16. The number of carboxylic acids is 2. The Labute approximate surface area is 195 Å². The van der Waals surface area contributed by atoms with Crippen LogP contribution in [0.3, 0.4) is 0 Å². The van der Waals surface area contributed by atoms with Gasteiger partial charge >= 0.3 is 28.3 Å². The molecule has 1 unspecified atom stereocenters. The number of amides is 2. The van der Waals surface area contributed by atoms with Gasteiger partial charge in [-0.25, -0.2) is 29.7 Å². The molecule has 1 aliphatic rings. The Bertz CT molecular complexity index is 1220. The zero-order valence-electron chi connectivity index (χ0n) is 17.6. The first-order chi connectivity index (χ1) is 16.4. The van der Waals surface area contributed by atoms with Gasteiger partial charge in [0.15, 0.2) is 23.2 Å². The van der Waals surface area contributed by atoms with Crippen molar-refractivity contribution in [3.05, 3.63) is 12.7 Å². The molecule has 19 heteroatoms. The van der Waals surface area contributed by atoms with Crippen molar-refractivity contribution in [2.75, 3.05) is 11.9 Å². The molecule has 3 heterocycles. The number of urea groups is 1. The van der Waals surface area contributed by atoms with Crippen LogP contribution in [0.15, 0.2) is 12.7 Å². The smallest absolute Gasteiger partial charge is 0.333 e. The summed E-state index contributed by atoms with van der Waals surface area (Å²) in [4.78, 5) is 46.1. The summed E-state index contributed by atoms with van der Waals surface area (Å²) in [6.45, 7) is -0.672. The number of aliphatic hydroxyl groups is 2. The Hall–Kier alpha value is -3.49. The van der Waals surface area contributed by atoms with Crippen LogP contribution in [-0.4, -0.2) is 97.3 Å². The molecule has 5 atom stereocenters. The van der Waals surface area contributed by atoms with E-state index in [0.29, 0.717) is 0 Å². The number of nitrogens with one attached hydrogen (secondary N) is 2. The molecule has 1 aliphatic heterocycles. The summed E-state index contributed by atoms with van der Waals surface area (Å²) in [5, 5.41) is 47.6. The average Bonchev–Trinajstić information content (AvgIpc) is 3.31. The van der Waals surface area contributed by atoms with Crippen molar-refractivity contribution in [3.8, 4) is 0 Å². The number of fused-ring (bicyclic) bond motifs is 1. The summed E-state index contributed by atoms with van der Waals surface area (Å²) < 4.78 is 33.0. The Morgan fingerprint density at radius 2 is 1.91 bits per heavy atom. The van der Waals surface area contributed by atoms with Gasteiger partial charge in [-0.2, -0.15) is 8.42 Å². The predicted molar refractivity (Wildman–Crippen MR) is 111 cm³/mol. The van der Waals surface area contributed by atoms with Crippen molar-refractivity contribution in [2.45, 2.75) is 43.4 Å². The monoisotopic (exact) mass is 519 g/mol. The fourth-order valence-corrected chi connectivity index (χ4v) is 3.54. The van der Waals surface area contributed by atoms with E-state index in [9.17, 15) is 33.0 Å². The van der Waals surface area contributed by atoms with Crippen molar-refractivity contribution in [3.63, 3.8) is 0 Å². The molecule has 0 radical (unpaired) electrons. The van der Waals surface area contributed by atoms with E-state index in [0.717, 1.165) is 12.7 Å². The van der Waals surface area contributed by atoms with Crippen LogP contribution in [0.1, 0.15) is 19.1 Å². The highest BCUT2D eigenvalue weighted by atomic mass is 32.2. The second-order valence-corrected chi connectivity index (χ2v) is 8.51. The normalized spacial score (nSPS) is 23.2. The fraction of sp³-hybridized carbons (Fsp3) is 0.500. The van der Waals surface area contributed by atoms with Gasteiger partial charge in [0.05, 0.1) is 12.9 Å². The number of hydrogen-bond donors (Lipinski definition) is 7. The average molecular weight is 519 g/mol. The Balaban J connectivity index is 1.76. The maximum Gasteiger partial charge on any atom is 0.333 e. The quantitative estimate of drug-likeness (QED) is 0.166. The number of nitrogens with zero attached hydrogens (tertiary/aromatic N) is 4. The largest absolute Gasteiger partial charge is 0.481 e. The molecule has 0 bridgehead atoms. The third-order valence-electron chi connectivity index (χ3n) is 4.85. The van der Waals surface area contributed by atoms with E-state index in [2.05, 4.69) is 29.8 Å². The molecule has 8 N–H and O–H groups in total. The van der Waals surface area contributed by atoms with Crippen molar-refractivity contribution in [1.29, 1.82) is 0 Å². The first-order valence-electron chi connectivity index (χ1n) is 9.75. The first-order valence-corrected chi connectivity index (χ1v) is 11.2. The zero-order chi connectivity index (χ0) is 25.9. The third kappa shape index (κ3) is 6.35. The minimum absolute atomic E-state index is 0.00501. The van der Waals surface area contributed by atoms with Gasteiger partial charge in [-0.05, 0) is 6.42 Å². The lowest BCUT2D eigenvalue weighted by molar-refractivity contribution is -0.140. The Kier molecular flexibility index (Phi) is 7.77. The molecule has 192 valence electrons. The number of imidazole rings is 1. The van der Waals surface area contributed by atoms with E-state index in [1.807, 2.05) is 0 Å². The number of rotatable bonds is 10. The Morgan fingerprint density at radius 1 is 1.20 bits per heavy atom. The van der Waals surface area contributed by atoms with Gasteiger partial charge in [-0.1, -0.05) is 0 Å². The first kappa shape index (κ1) is 26.1. The van der Waals surface area contributed by atoms with Crippen molar-refractivity contribution in [2.24, 2.45) is 5.14 Å². The summed E-state index contributed by atoms with van der Waals surface area (Å²) in [5.41, 5.74) is 0.0230. The molecule has 1 fully saturated rings. The maximum absolute atomic E-state index is 12.3. The van der Waals surface area contributed by atoms with Gasteiger partial charge in [-0.3, -0.25) is 18.9 Å². The summed E-state index contributed by atoms with van der Waals surface area (Å²) >= 11 is 0. The van der Waals surface area contributed by atoms with Crippen LogP contribution in [0, 0.1) is 0 Å². The lowest BCUT2D eigenvalue weighted by Crippen LogP contribution is -2.43. The molecule has 0 aliphatic carbocycles. The van der Waals surface area contributed by atoms with Crippen LogP contribution >= 0.6 is 0 Å². The molecule has 2 amide bonds. The molecule has 35 heavy (non-hydrogen) atoms. The van der Waals surface area contributed by atoms with Gasteiger partial charge < -0.3 is 30.5 Å². The van der Waals surface area contributed by atoms with Gasteiger partial charge in [0.25, 0.3) is 0 Å². The zero-order valence-corrected chi connectivity index (χ0v) is 18.4. The standard InChI is InChI=1S/C16H21N7O11S/c17-35(31,32)33-3-7-10(26)11(27)14(34-7)23-5-20-9-12(18-4-19-13(9)23)22-16(30)21-6(15(28)29)1-2-8(24)25/h4-7,10-11,14,26-27H,1-3H2,(H,24,25)(H,28,29)(H2,17,31,32)(H2,18,19,21,22,30)/t6?,7-,10-,11-,14-/m1/s1. The van der Waals surface area contributed by atoms with Gasteiger partial charge in [-0.15, -0.1) is 0 Å². The number of ether oxygens (including phenoxy) is 1. The second kappa shape index (κ2) is 10.4. The Morgan fingerprint density at radius 3 is 2.54 bits per heavy atom. The highest BCUT2D eigenvalue weighted by molar-refractivity contribution is 7.84. The lowest BCUT2D eigenvalue weighted by atomic mass is 10.1. The maximum atomic E-state index is 12.3. The van der Waals surface area contributed by atoms with Crippen molar-refractivity contribution < 1.29 is 52.1 Å². The highest BCUT2D eigenvalue weighted by Gasteiger charge is 2.45. The predicted octanol–water partition coefficient (Wildman–Crippen LogP) is -2.89. The molecular formula is C16H21N7O11S. The molecule has 18 nitrogen and oxygen atoms in total. The molecule has 0 aromatic carbocycles. The van der Waals surface area contributed by atoms with E-state index in [1.165, 1.54) is 4.57 Å². The molecule has 0 saturated carbocycles. The van der Waals surface area contributed by atoms with E-state index < -0.39 is 71.9 Å². The van der Waals surface area contributed by atoms with Crippen molar-refractivity contribution in [1.82, 2.24) is 24.8 Å². The third-order valence-corrected chi connectivity index (χ3v) is 5.31. The molecular weight excluding hydrogens is 498 g/mol. The number of carbonyl (C=O) groups is 3. The number of nitrogens with two attached hydrogens (primary N) is 1. The van der Waals surface area contributed by atoms with E-state index in [-0.39, 0.29) is 23.4 Å². The summed E-state index contributed by atoms with van der Waals surface area (Å²) in [6.07, 6.45) is -4.33. The minimum Gasteiger partial charge on any atom is -0.481 e. The number of aromatic nitrogens is 4. The van der Waals surface area contributed by atoms with Crippen LogP contribution in [0.4, 0.5) is 10.6 Å². The summed E-state index contributed by atoms with van der Waals surface area (Å²) in [7, 11) is -4.32. The summed E-state index contributed by atoms with van der Waals surface area (Å²) in [6, 6.07) is -2.49. The van der Waals surface area contributed by atoms with Crippen LogP contribution in [0.2, 0.25) is 0 Å². The molecule has 2 aromatic heterocycles. The van der Waals surface area contributed by atoms with E-state index >= 15 is 0 Å². The molecule has 2 aromatic rings. The topological polar surface area (TPSA) is 278 Å². The number of hydrogen-bond acceptors (Lipinski definition) is 12.